The van der Waals surface area contributed by atoms with Crippen molar-refractivity contribution in [1.82, 2.24) is 4.98 Å². The molecule has 4 rings (SSSR count). The van der Waals surface area contributed by atoms with E-state index < -0.39 is 0 Å². The Balaban J connectivity index is 1.68. The molecule has 0 bridgehead atoms. The summed E-state index contributed by atoms with van der Waals surface area (Å²) in [6.07, 6.45) is 1.91. The molecule has 24 heavy (non-hydrogen) atoms. The molecule has 1 aromatic carbocycles. The predicted molar refractivity (Wildman–Crippen MR) is 96.2 cm³/mol. The van der Waals surface area contributed by atoms with E-state index in [2.05, 4.69) is 11.1 Å². The van der Waals surface area contributed by atoms with Crippen LogP contribution in [0.15, 0.2) is 35.0 Å². The van der Waals surface area contributed by atoms with Gasteiger partial charge < -0.3 is 9.47 Å². The van der Waals surface area contributed by atoms with Crippen molar-refractivity contribution in [2.24, 2.45) is 0 Å². The molecule has 0 aliphatic carbocycles. The SMILES string of the molecule is Cc1ccsc1C=C(C#N)c1nc(-c2ccc3c(c2)OCO3)cs1. The summed E-state index contributed by atoms with van der Waals surface area (Å²) in [6, 6.07) is 10.1. The van der Waals surface area contributed by atoms with Crippen molar-refractivity contribution in [3.8, 4) is 28.8 Å². The van der Waals surface area contributed by atoms with Crippen molar-refractivity contribution in [3.05, 3.63) is 50.5 Å². The normalized spacial score (nSPS) is 13.1. The van der Waals surface area contributed by atoms with E-state index in [-0.39, 0.29) is 6.79 Å². The van der Waals surface area contributed by atoms with E-state index >= 15 is 0 Å². The summed E-state index contributed by atoms with van der Waals surface area (Å²) in [7, 11) is 0. The van der Waals surface area contributed by atoms with Gasteiger partial charge in [0.15, 0.2) is 11.5 Å². The van der Waals surface area contributed by atoms with Crippen LogP contribution in [0.2, 0.25) is 0 Å². The molecule has 0 atom stereocenters. The molecule has 0 amide bonds. The minimum absolute atomic E-state index is 0.253. The minimum atomic E-state index is 0.253. The van der Waals surface area contributed by atoms with Crippen LogP contribution in [0.25, 0.3) is 22.9 Å². The van der Waals surface area contributed by atoms with E-state index in [0.29, 0.717) is 5.57 Å². The van der Waals surface area contributed by atoms with E-state index in [0.717, 1.165) is 32.6 Å². The fourth-order valence-corrected chi connectivity index (χ4v) is 4.04. The molecule has 0 fully saturated rings. The van der Waals surface area contributed by atoms with Crippen molar-refractivity contribution >= 4 is 34.3 Å². The van der Waals surface area contributed by atoms with E-state index in [9.17, 15) is 5.26 Å². The molecule has 1 aliphatic rings. The third kappa shape index (κ3) is 2.68. The summed E-state index contributed by atoms with van der Waals surface area (Å²) in [6.45, 7) is 2.29. The molecule has 0 spiro atoms. The van der Waals surface area contributed by atoms with Gasteiger partial charge in [0, 0.05) is 15.8 Å². The highest BCUT2D eigenvalue weighted by molar-refractivity contribution is 7.12. The Kier molecular flexibility index (Phi) is 3.81. The van der Waals surface area contributed by atoms with Gasteiger partial charge in [0.25, 0.3) is 0 Å². The lowest BCUT2D eigenvalue weighted by atomic mass is 10.1. The van der Waals surface area contributed by atoms with Crippen molar-refractivity contribution in [2.45, 2.75) is 6.92 Å². The lowest BCUT2D eigenvalue weighted by Crippen LogP contribution is -1.92. The van der Waals surface area contributed by atoms with Gasteiger partial charge in [-0.15, -0.1) is 22.7 Å². The Labute approximate surface area is 147 Å². The number of nitrogens with zero attached hydrogens (tertiary/aromatic N) is 2. The molecular formula is C18H12N2O2S2. The summed E-state index contributed by atoms with van der Waals surface area (Å²) in [5, 5.41) is 14.2. The van der Waals surface area contributed by atoms with Crippen LogP contribution in [0.1, 0.15) is 15.4 Å². The van der Waals surface area contributed by atoms with E-state index in [1.54, 1.807) is 11.3 Å². The molecular weight excluding hydrogens is 340 g/mol. The highest BCUT2D eigenvalue weighted by atomic mass is 32.1. The number of thiophene rings is 1. The Morgan fingerprint density at radius 2 is 2.12 bits per heavy atom. The Morgan fingerprint density at radius 3 is 2.92 bits per heavy atom. The molecule has 1 aliphatic heterocycles. The van der Waals surface area contributed by atoms with Gasteiger partial charge in [-0.3, -0.25) is 0 Å². The van der Waals surface area contributed by atoms with Crippen molar-refractivity contribution < 1.29 is 9.47 Å². The summed E-state index contributed by atoms with van der Waals surface area (Å²) in [5.74, 6) is 1.48. The van der Waals surface area contributed by atoms with Crippen LogP contribution in [0.4, 0.5) is 0 Å². The molecule has 3 aromatic rings. The van der Waals surface area contributed by atoms with Crippen LogP contribution >= 0.6 is 22.7 Å². The molecule has 0 saturated heterocycles. The number of allylic oxidation sites excluding steroid dienone is 1. The van der Waals surface area contributed by atoms with Crippen LogP contribution in [-0.2, 0) is 0 Å². The zero-order valence-corrected chi connectivity index (χ0v) is 14.4. The van der Waals surface area contributed by atoms with Crippen molar-refractivity contribution in [1.29, 1.82) is 5.26 Å². The number of aromatic nitrogens is 1. The molecule has 0 unspecified atom stereocenters. The Hall–Kier alpha value is -2.62. The third-order valence-corrected chi connectivity index (χ3v) is 5.54. The van der Waals surface area contributed by atoms with Gasteiger partial charge in [-0.2, -0.15) is 5.26 Å². The number of hydrogen-bond donors (Lipinski definition) is 0. The quantitative estimate of drug-likeness (QED) is 0.624. The smallest absolute Gasteiger partial charge is 0.231 e. The summed E-state index contributed by atoms with van der Waals surface area (Å²) in [5.41, 5.74) is 3.53. The largest absolute Gasteiger partial charge is 0.454 e. The van der Waals surface area contributed by atoms with E-state index in [1.165, 1.54) is 16.9 Å². The molecule has 3 heterocycles. The molecule has 6 heteroatoms. The third-order valence-electron chi connectivity index (χ3n) is 3.70. The average Bonchev–Trinajstić information content (AvgIpc) is 3.33. The average molecular weight is 352 g/mol. The Morgan fingerprint density at radius 1 is 1.25 bits per heavy atom. The number of nitriles is 1. The van der Waals surface area contributed by atoms with Crippen LogP contribution in [0.3, 0.4) is 0 Å². The van der Waals surface area contributed by atoms with Crippen LogP contribution in [0.5, 0.6) is 11.5 Å². The molecule has 118 valence electrons. The first-order chi connectivity index (χ1) is 11.7. The second-order valence-corrected chi connectivity index (χ2v) is 7.05. The van der Waals surface area contributed by atoms with Gasteiger partial charge in [-0.1, -0.05) is 0 Å². The number of hydrogen-bond acceptors (Lipinski definition) is 6. The maximum Gasteiger partial charge on any atom is 0.231 e. The molecule has 0 saturated carbocycles. The van der Waals surface area contributed by atoms with Crippen LogP contribution < -0.4 is 9.47 Å². The Bertz CT molecular complexity index is 979. The summed E-state index contributed by atoms with van der Waals surface area (Å²) in [4.78, 5) is 5.71. The second kappa shape index (κ2) is 6.11. The fraction of sp³-hybridized carbons (Fsp3) is 0.111. The van der Waals surface area contributed by atoms with Crippen molar-refractivity contribution in [2.75, 3.05) is 6.79 Å². The standard InChI is InChI=1S/C18H12N2O2S2/c1-11-4-5-23-17(11)7-13(8-19)18-20-14(9-24-18)12-2-3-15-16(6-12)22-10-21-15/h2-7,9H,10H2,1H3. The first-order valence-corrected chi connectivity index (χ1v) is 9.02. The first-order valence-electron chi connectivity index (χ1n) is 7.26. The highest BCUT2D eigenvalue weighted by Crippen LogP contribution is 2.36. The van der Waals surface area contributed by atoms with Gasteiger partial charge in [0.05, 0.1) is 11.3 Å². The summed E-state index contributed by atoms with van der Waals surface area (Å²) >= 11 is 3.09. The zero-order valence-electron chi connectivity index (χ0n) is 12.8. The van der Waals surface area contributed by atoms with Gasteiger partial charge >= 0.3 is 0 Å². The van der Waals surface area contributed by atoms with Gasteiger partial charge in [0.2, 0.25) is 6.79 Å². The number of benzene rings is 1. The van der Waals surface area contributed by atoms with Gasteiger partial charge in [-0.25, -0.2) is 4.98 Å². The fourth-order valence-electron chi connectivity index (χ4n) is 2.39. The van der Waals surface area contributed by atoms with E-state index in [1.807, 2.05) is 48.0 Å². The second-order valence-electron chi connectivity index (χ2n) is 5.24. The molecule has 0 radical (unpaired) electrons. The minimum Gasteiger partial charge on any atom is -0.454 e. The van der Waals surface area contributed by atoms with Crippen LogP contribution in [0, 0.1) is 18.3 Å². The topological polar surface area (TPSA) is 55.1 Å². The molecule has 4 nitrogen and oxygen atoms in total. The van der Waals surface area contributed by atoms with Gasteiger partial charge in [0.1, 0.15) is 11.1 Å². The van der Waals surface area contributed by atoms with Crippen molar-refractivity contribution in [3.63, 3.8) is 0 Å². The lowest BCUT2D eigenvalue weighted by Gasteiger charge is -1.99. The number of rotatable bonds is 3. The highest BCUT2D eigenvalue weighted by Gasteiger charge is 2.16. The monoisotopic (exact) mass is 352 g/mol. The zero-order chi connectivity index (χ0) is 16.5. The van der Waals surface area contributed by atoms with Crippen LogP contribution in [-0.4, -0.2) is 11.8 Å². The molecule has 2 aromatic heterocycles. The number of thiazole rings is 1. The number of ether oxygens (including phenoxy) is 2. The summed E-state index contributed by atoms with van der Waals surface area (Å²) < 4.78 is 10.7. The van der Waals surface area contributed by atoms with Gasteiger partial charge in [-0.05, 0) is 48.2 Å². The molecule has 0 N–H and O–H groups in total. The van der Waals surface area contributed by atoms with E-state index in [4.69, 9.17) is 9.47 Å². The predicted octanol–water partition coefficient (Wildman–Crippen LogP) is 4.97. The number of fused-ring (bicyclic) bond motifs is 1. The first kappa shape index (κ1) is 14.9. The maximum atomic E-state index is 9.49. The number of aryl methyl sites for hydroxylation is 1. The maximum absolute atomic E-state index is 9.49. The lowest BCUT2D eigenvalue weighted by molar-refractivity contribution is 0.174.